The van der Waals surface area contributed by atoms with E-state index in [1.807, 2.05) is 0 Å². The summed E-state index contributed by atoms with van der Waals surface area (Å²) in [6, 6.07) is 0. The summed E-state index contributed by atoms with van der Waals surface area (Å²) < 4.78 is 8.22. The van der Waals surface area contributed by atoms with E-state index in [0.29, 0.717) is 0 Å². The lowest BCUT2D eigenvalue weighted by molar-refractivity contribution is 0.385. The van der Waals surface area contributed by atoms with Crippen LogP contribution in [-0.4, -0.2) is 0 Å². The third-order valence-corrected chi connectivity index (χ3v) is 0.384. The van der Waals surface area contributed by atoms with Crippen molar-refractivity contribution in [1.82, 2.24) is 6.15 Å². The van der Waals surface area contributed by atoms with Gasteiger partial charge in [0.05, 0.1) is 0 Å². The molecule has 0 aromatic carbocycles. The molecule has 7 heavy (non-hydrogen) atoms. The van der Waals surface area contributed by atoms with Crippen molar-refractivity contribution in [2.45, 2.75) is 0 Å². The average molecular weight is 103 g/mol. The molecule has 0 spiro atoms. The first-order chi connectivity index (χ1) is 2.89. The van der Waals surface area contributed by atoms with Crippen LogP contribution in [-0.2, 0) is 0 Å². The maximum absolute atomic E-state index is 9.74. The Morgan fingerprint density at radius 1 is 1.29 bits per heavy atom. The molecule has 1 aromatic heterocycles. The zero-order valence-corrected chi connectivity index (χ0v) is 3.59. The number of hydrogen-bond donors (Lipinski definition) is 1. The summed E-state index contributed by atoms with van der Waals surface area (Å²) in [4.78, 5) is 9.74. The standard InChI is InChI=1S/C3H2O3.H3N/c4-3-5-1-2-6-3;/h1-2H;1H3. The molecule has 40 valence electrons. The van der Waals surface area contributed by atoms with Crippen LogP contribution in [0.5, 0.6) is 0 Å². The van der Waals surface area contributed by atoms with E-state index in [1.165, 1.54) is 12.5 Å². The van der Waals surface area contributed by atoms with Crippen LogP contribution in [0.2, 0.25) is 0 Å². The predicted octanol–water partition coefficient (Wildman–Crippen LogP) is 0.395. The third-order valence-electron chi connectivity index (χ3n) is 0.384. The van der Waals surface area contributed by atoms with Gasteiger partial charge in [0.1, 0.15) is 12.5 Å². The summed E-state index contributed by atoms with van der Waals surface area (Å²) >= 11 is 0. The van der Waals surface area contributed by atoms with Crippen LogP contribution >= 0.6 is 0 Å². The summed E-state index contributed by atoms with van der Waals surface area (Å²) in [6.07, 6.45) is 2.37. The molecule has 0 saturated carbocycles. The van der Waals surface area contributed by atoms with Crippen molar-refractivity contribution in [2.24, 2.45) is 0 Å². The van der Waals surface area contributed by atoms with Gasteiger partial charge in [-0.2, -0.15) is 0 Å². The molecule has 0 fully saturated rings. The lowest BCUT2D eigenvalue weighted by atomic mass is 11.1. The molecule has 0 saturated heterocycles. The highest BCUT2D eigenvalue weighted by Crippen LogP contribution is 1.70. The van der Waals surface area contributed by atoms with Crippen LogP contribution in [0, 0.1) is 0 Å². The molecule has 0 amide bonds. The van der Waals surface area contributed by atoms with Gasteiger partial charge in [0.15, 0.2) is 0 Å². The first-order valence-corrected chi connectivity index (χ1v) is 1.42. The van der Waals surface area contributed by atoms with Crippen LogP contribution in [0.3, 0.4) is 0 Å². The van der Waals surface area contributed by atoms with Gasteiger partial charge in [0, 0.05) is 0 Å². The van der Waals surface area contributed by atoms with Crippen molar-refractivity contribution in [3.8, 4) is 0 Å². The second kappa shape index (κ2) is 2.20. The van der Waals surface area contributed by atoms with E-state index < -0.39 is 5.82 Å². The van der Waals surface area contributed by atoms with E-state index in [9.17, 15) is 4.79 Å². The summed E-state index contributed by atoms with van der Waals surface area (Å²) in [5.41, 5.74) is 0. The molecular formula is C3H5NO3. The first-order valence-electron chi connectivity index (χ1n) is 1.42. The molecule has 0 radical (unpaired) electrons. The van der Waals surface area contributed by atoms with Gasteiger partial charge >= 0.3 is 5.82 Å². The Bertz CT molecular complexity index is 148. The van der Waals surface area contributed by atoms with E-state index in [4.69, 9.17) is 0 Å². The molecule has 1 heterocycles. The van der Waals surface area contributed by atoms with Gasteiger partial charge in [0.25, 0.3) is 0 Å². The van der Waals surface area contributed by atoms with Crippen molar-refractivity contribution in [2.75, 3.05) is 0 Å². The highest BCUT2D eigenvalue weighted by atomic mass is 16.5. The minimum atomic E-state index is -0.657. The van der Waals surface area contributed by atoms with E-state index in [-0.39, 0.29) is 6.15 Å². The Morgan fingerprint density at radius 3 is 1.86 bits per heavy atom. The fourth-order valence-corrected chi connectivity index (χ4v) is 0.194. The van der Waals surface area contributed by atoms with Gasteiger partial charge in [-0.05, 0) is 0 Å². The van der Waals surface area contributed by atoms with Gasteiger partial charge in [-0.1, -0.05) is 0 Å². The first kappa shape index (κ1) is 5.97. The monoisotopic (exact) mass is 103 g/mol. The van der Waals surface area contributed by atoms with Crippen molar-refractivity contribution in [1.29, 1.82) is 0 Å². The minimum Gasteiger partial charge on any atom is -0.399 e. The molecule has 0 atom stereocenters. The molecule has 0 unspecified atom stereocenters. The molecule has 0 aliphatic heterocycles. The van der Waals surface area contributed by atoms with Crippen molar-refractivity contribution < 1.29 is 8.83 Å². The molecule has 1 aromatic rings. The van der Waals surface area contributed by atoms with Crippen molar-refractivity contribution >= 4 is 0 Å². The summed E-state index contributed by atoms with van der Waals surface area (Å²) in [5.74, 6) is -0.657. The second-order valence-corrected chi connectivity index (χ2v) is 0.758. The van der Waals surface area contributed by atoms with Crippen LogP contribution in [0.1, 0.15) is 0 Å². The molecule has 4 heteroatoms. The van der Waals surface area contributed by atoms with Crippen LogP contribution < -0.4 is 12.0 Å². The molecule has 0 bridgehead atoms. The average Bonchev–Trinajstić information content (AvgIpc) is 1.86. The maximum atomic E-state index is 9.74. The Balaban J connectivity index is 0.000000360. The van der Waals surface area contributed by atoms with E-state index in [2.05, 4.69) is 8.83 Å². The fraction of sp³-hybridized carbons (Fsp3) is 0. The lowest BCUT2D eigenvalue weighted by Gasteiger charge is -1.49. The van der Waals surface area contributed by atoms with Gasteiger partial charge in [-0.3, -0.25) is 0 Å². The predicted molar refractivity (Wildman–Crippen MR) is 22.3 cm³/mol. The summed E-state index contributed by atoms with van der Waals surface area (Å²) in [7, 11) is 0. The normalized spacial score (nSPS) is 7.43. The third kappa shape index (κ3) is 1.23. The van der Waals surface area contributed by atoms with Crippen LogP contribution in [0.4, 0.5) is 0 Å². The SMILES string of the molecule is N.O=c1occo1. The quantitative estimate of drug-likeness (QED) is 0.515. The Morgan fingerprint density at radius 2 is 1.71 bits per heavy atom. The summed E-state index contributed by atoms with van der Waals surface area (Å²) in [5, 5.41) is 0. The van der Waals surface area contributed by atoms with E-state index in [1.54, 1.807) is 0 Å². The lowest BCUT2D eigenvalue weighted by Crippen LogP contribution is -1.83. The van der Waals surface area contributed by atoms with Crippen LogP contribution in [0.25, 0.3) is 0 Å². The Hall–Kier alpha value is -1.03. The molecule has 1 rings (SSSR count). The topological polar surface area (TPSA) is 78.4 Å². The smallest absolute Gasteiger partial charge is 0.399 e. The van der Waals surface area contributed by atoms with Crippen molar-refractivity contribution in [3.63, 3.8) is 0 Å². The highest BCUT2D eigenvalue weighted by Gasteiger charge is 1.77. The van der Waals surface area contributed by atoms with Gasteiger partial charge in [0.2, 0.25) is 0 Å². The zero-order chi connectivity index (χ0) is 4.41. The molecule has 0 aliphatic carbocycles. The molecule has 4 nitrogen and oxygen atoms in total. The summed E-state index contributed by atoms with van der Waals surface area (Å²) in [6.45, 7) is 0. The Labute approximate surface area is 39.3 Å². The van der Waals surface area contributed by atoms with Crippen molar-refractivity contribution in [3.05, 3.63) is 23.1 Å². The number of hydrogen-bond acceptors (Lipinski definition) is 4. The number of rotatable bonds is 0. The maximum Gasteiger partial charge on any atom is 0.518 e. The second-order valence-electron chi connectivity index (χ2n) is 0.758. The fourth-order valence-electron chi connectivity index (χ4n) is 0.194. The van der Waals surface area contributed by atoms with Gasteiger partial charge < -0.3 is 15.0 Å². The Kier molecular flexibility index (Phi) is 1.87. The van der Waals surface area contributed by atoms with E-state index in [0.717, 1.165) is 0 Å². The molecular weight excluding hydrogens is 98.0 g/mol. The highest BCUT2D eigenvalue weighted by molar-refractivity contribution is 4.49. The minimum absolute atomic E-state index is 0. The van der Waals surface area contributed by atoms with Gasteiger partial charge in [-0.25, -0.2) is 4.79 Å². The van der Waals surface area contributed by atoms with E-state index >= 15 is 0 Å². The molecule has 0 aliphatic rings. The van der Waals surface area contributed by atoms with Gasteiger partial charge in [-0.15, -0.1) is 0 Å². The van der Waals surface area contributed by atoms with Crippen LogP contribution in [0.15, 0.2) is 26.2 Å². The molecule has 3 N–H and O–H groups in total. The zero-order valence-electron chi connectivity index (χ0n) is 3.59. The largest absolute Gasteiger partial charge is 0.518 e.